The average Bonchev–Trinajstić information content (AvgIpc) is 2.75. The van der Waals surface area contributed by atoms with Crippen LogP contribution in [0.4, 0.5) is 0 Å². The zero-order valence-corrected chi connectivity index (χ0v) is 15.5. The second kappa shape index (κ2) is 8.17. The van der Waals surface area contributed by atoms with E-state index in [2.05, 4.69) is 39.2 Å². The molecule has 1 aliphatic rings. The molecule has 0 atom stereocenters. The van der Waals surface area contributed by atoms with Crippen LogP contribution < -0.4 is 5.56 Å². The zero-order chi connectivity index (χ0) is 19.3. The zero-order valence-electron chi connectivity index (χ0n) is 15.5. The summed E-state index contributed by atoms with van der Waals surface area (Å²) < 4.78 is 0. The van der Waals surface area contributed by atoms with E-state index >= 15 is 0 Å². The largest absolute Gasteiger partial charge is 0.338 e. The molecule has 1 N–H and O–H groups in total. The Balaban J connectivity index is 1.41. The summed E-state index contributed by atoms with van der Waals surface area (Å²) in [6.45, 7) is 1.33. The first-order valence-corrected chi connectivity index (χ1v) is 9.54. The Morgan fingerprint density at radius 2 is 1.79 bits per heavy atom. The first-order chi connectivity index (χ1) is 13.7. The monoisotopic (exact) mass is 374 g/mol. The molecule has 1 aromatic carbocycles. The number of likely N-dealkylation sites (tertiary alicyclic amines) is 1. The Hall–Kier alpha value is -3.28. The number of benzene rings is 1. The lowest BCUT2D eigenvalue weighted by Gasteiger charge is -2.32. The van der Waals surface area contributed by atoms with Crippen LogP contribution in [-0.2, 0) is 6.42 Å². The van der Waals surface area contributed by atoms with Crippen LogP contribution in [0.3, 0.4) is 0 Å². The average molecular weight is 374 g/mol. The number of carbonyl (C=O) groups excluding carboxylic acids is 1. The van der Waals surface area contributed by atoms with Gasteiger partial charge < -0.3 is 9.88 Å². The van der Waals surface area contributed by atoms with Crippen molar-refractivity contribution in [2.75, 3.05) is 13.1 Å². The number of H-pyrrole nitrogens is 1. The second-order valence-electron chi connectivity index (χ2n) is 7.11. The van der Waals surface area contributed by atoms with Gasteiger partial charge in [-0.3, -0.25) is 14.6 Å². The van der Waals surface area contributed by atoms with Crippen molar-refractivity contribution >= 4 is 5.91 Å². The van der Waals surface area contributed by atoms with E-state index in [-0.39, 0.29) is 11.5 Å². The van der Waals surface area contributed by atoms with Crippen LogP contribution in [0, 0.1) is 5.92 Å². The number of hydrogen-bond acceptors (Lipinski definition) is 4. The number of aromatic amines is 1. The van der Waals surface area contributed by atoms with Crippen LogP contribution in [0.25, 0.3) is 11.5 Å². The number of aromatic nitrogens is 3. The van der Waals surface area contributed by atoms with Crippen molar-refractivity contribution < 1.29 is 4.79 Å². The highest BCUT2D eigenvalue weighted by Crippen LogP contribution is 2.22. The van der Waals surface area contributed by atoms with Gasteiger partial charge >= 0.3 is 0 Å². The minimum Gasteiger partial charge on any atom is -0.338 e. The van der Waals surface area contributed by atoms with Crippen molar-refractivity contribution in [2.45, 2.75) is 19.3 Å². The molecule has 3 heterocycles. The second-order valence-corrected chi connectivity index (χ2v) is 7.11. The standard InChI is InChI=1S/C22H22N4O2/c27-21-18(15-24-20(25-21)19-8-4-5-11-23-19)22(28)26-12-9-17(10-13-26)14-16-6-2-1-3-7-16/h1-8,11,15,17H,9-10,12-14H2,(H,24,25,27). The molecule has 1 fully saturated rings. The van der Waals surface area contributed by atoms with Crippen molar-refractivity contribution in [3.8, 4) is 11.5 Å². The molecule has 0 spiro atoms. The van der Waals surface area contributed by atoms with Gasteiger partial charge in [0.1, 0.15) is 11.3 Å². The third kappa shape index (κ3) is 4.01. The van der Waals surface area contributed by atoms with E-state index in [4.69, 9.17) is 0 Å². The molecule has 4 rings (SSSR count). The third-order valence-corrected chi connectivity index (χ3v) is 5.21. The topological polar surface area (TPSA) is 79.0 Å². The summed E-state index contributed by atoms with van der Waals surface area (Å²) in [6, 6.07) is 15.8. The lowest BCUT2D eigenvalue weighted by Crippen LogP contribution is -2.41. The van der Waals surface area contributed by atoms with E-state index in [1.54, 1.807) is 23.2 Å². The van der Waals surface area contributed by atoms with E-state index in [9.17, 15) is 9.59 Å². The first kappa shape index (κ1) is 18.1. The number of nitrogens with zero attached hydrogens (tertiary/aromatic N) is 3. The predicted molar refractivity (Wildman–Crippen MR) is 107 cm³/mol. The summed E-state index contributed by atoms with van der Waals surface area (Å²) in [5, 5.41) is 0. The van der Waals surface area contributed by atoms with Gasteiger partial charge in [-0.05, 0) is 42.9 Å². The molecular weight excluding hydrogens is 352 g/mol. The number of carbonyl (C=O) groups is 1. The Morgan fingerprint density at radius 1 is 1.04 bits per heavy atom. The van der Waals surface area contributed by atoms with Crippen LogP contribution in [0.5, 0.6) is 0 Å². The third-order valence-electron chi connectivity index (χ3n) is 5.21. The number of hydrogen-bond donors (Lipinski definition) is 1. The van der Waals surface area contributed by atoms with Gasteiger partial charge in [0.05, 0.1) is 0 Å². The quantitative estimate of drug-likeness (QED) is 0.762. The highest BCUT2D eigenvalue weighted by atomic mass is 16.2. The molecule has 1 saturated heterocycles. The van der Waals surface area contributed by atoms with E-state index in [1.165, 1.54) is 11.8 Å². The molecule has 6 nitrogen and oxygen atoms in total. The van der Waals surface area contributed by atoms with Crippen molar-refractivity contribution in [3.05, 3.63) is 82.4 Å². The number of amides is 1. The number of nitrogens with one attached hydrogen (secondary N) is 1. The minimum atomic E-state index is -0.424. The van der Waals surface area contributed by atoms with Gasteiger partial charge in [0, 0.05) is 25.5 Å². The number of pyridine rings is 1. The summed E-state index contributed by atoms with van der Waals surface area (Å²) in [6.07, 6.45) is 5.91. The lowest BCUT2D eigenvalue weighted by atomic mass is 9.90. The molecule has 2 aromatic heterocycles. The Labute approximate surface area is 163 Å². The number of piperidine rings is 1. The van der Waals surface area contributed by atoms with Gasteiger partial charge in [0.15, 0.2) is 5.82 Å². The van der Waals surface area contributed by atoms with E-state index in [0.717, 1.165) is 19.3 Å². The molecule has 1 aliphatic heterocycles. The molecule has 0 unspecified atom stereocenters. The van der Waals surface area contributed by atoms with E-state index < -0.39 is 5.56 Å². The Morgan fingerprint density at radius 3 is 2.46 bits per heavy atom. The van der Waals surface area contributed by atoms with Crippen molar-refractivity contribution in [2.24, 2.45) is 5.92 Å². The van der Waals surface area contributed by atoms with E-state index in [1.807, 2.05) is 12.1 Å². The van der Waals surface area contributed by atoms with Gasteiger partial charge in [0.2, 0.25) is 0 Å². The summed E-state index contributed by atoms with van der Waals surface area (Å²) in [5.41, 5.74) is 1.56. The maximum absolute atomic E-state index is 12.8. The molecular formula is C22H22N4O2. The van der Waals surface area contributed by atoms with Gasteiger partial charge in [-0.25, -0.2) is 4.98 Å². The molecule has 3 aromatic rings. The lowest BCUT2D eigenvalue weighted by molar-refractivity contribution is 0.0688. The van der Waals surface area contributed by atoms with Gasteiger partial charge in [0.25, 0.3) is 11.5 Å². The molecule has 0 saturated carbocycles. The molecule has 6 heteroatoms. The van der Waals surface area contributed by atoms with Crippen LogP contribution in [0.1, 0.15) is 28.8 Å². The minimum absolute atomic E-state index is 0.0844. The number of rotatable bonds is 4. The highest BCUT2D eigenvalue weighted by molar-refractivity contribution is 5.93. The van der Waals surface area contributed by atoms with Crippen LogP contribution >= 0.6 is 0 Å². The van der Waals surface area contributed by atoms with Crippen molar-refractivity contribution in [3.63, 3.8) is 0 Å². The van der Waals surface area contributed by atoms with Crippen molar-refractivity contribution in [1.29, 1.82) is 0 Å². The Bertz CT molecular complexity index is 994. The highest BCUT2D eigenvalue weighted by Gasteiger charge is 2.25. The Kier molecular flexibility index (Phi) is 5.28. The summed E-state index contributed by atoms with van der Waals surface area (Å²) in [5.74, 6) is 0.678. The van der Waals surface area contributed by atoms with Crippen LogP contribution in [0.2, 0.25) is 0 Å². The van der Waals surface area contributed by atoms with Crippen LogP contribution in [-0.4, -0.2) is 38.8 Å². The molecule has 142 valence electrons. The predicted octanol–water partition coefficient (Wildman–Crippen LogP) is 2.93. The molecule has 0 radical (unpaired) electrons. The normalized spacial score (nSPS) is 14.8. The fourth-order valence-electron chi connectivity index (χ4n) is 3.64. The fraction of sp³-hybridized carbons (Fsp3) is 0.273. The SMILES string of the molecule is O=C(c1cnc(-c2ccccn2)[nH]c1=O)N1CCC(Cc2ccccc2)CC1. The van der Waals surface area contributed by atoms with Crippen LogP contribution in [0.15, 0.2) is 65.7 Å². The summed E-state index contributed by atoms with van der Waals surface area (Å²) in [4.78, 5) is 38.1. The molecule has 1 amide bonds. The van der Waals surface area contributed by atoms with Gasteiger partial charge in [-0.2, -0.15) is 0 Å². The fourth-order valence-corrected chi connectivity index (χ4v) is 3.64. The molecule has 0 bridgehead atoms. The maximum atomic E-state index is 12.8. The van der Waals surface area contributed by atoms with Gasteiger partial charge in [-0.15, -0.1) is 0 Å². The molecule has 28 heavy (non-hydrogen) atoms. The maximum Gasteiger partial charge on any atom is 0.264 e. The van der Waals surface area contributed by atoms with E-state index in [0.29, 0.717) is 30.5 Å². The smallest absolute Gasteiger partial charge is 0.264 e. The summed E-state index contributed by atoms with van der Waals surface area (Å²) in [7, 11) is 0. The first-order valence-electron chi connectivity index (χ1n) is 9.54. The summed E-state index contributed by atoms with van der Waals surface area (Å²) >= 11 is 0. The van der Waals surface area contributed by atoms with Gasteiger partial charge in [-0.1, -0.05) is 36.4 Å². The molecule has 0 aliphatic carbocycles. The van der Waals surface area contributed by atoms with Crippen molar-refractivity contribution in [1.82, 2.24) is 19.9 Å².